The van der Waals surface area contributed by atoms with Crippen molar-refractivity contribution in [3.05, 3.63) is 29.6 Å². The van der Waals surface area contributed by atoms with Crippen molar-refractivity contribution in [2.24, 2.45) is 5.41 Å². The number of hydrogen-bond donors (Lipinski definition) is 1. The Kier molecular flexibility index (Phi) is 4.52. The van der Waals surface area contributed by atoms with E-state index in [9.17, 15) is 9.18 Å². The number of nitrogens with zero attached hydrogens (tertiary/aromatic N) is 1. The van der Waals surface area contributed by atoms with E-state index in [4.69, 9.17) is 10.6 Å². The molecule has 21 heavy (non-hydrogen) atoms. The summed E-state index contributed by atoms with van der Waals surface area (Å²) in [6, 6.07) is 4.85. The minimum absolute atomic E-state index is 0.148. The van der Waals surface area contributed by atoms with Crippen LogP contribution in [0, 0.1) is 11.2 Å². The Bertz CT molecular complexity index is 517. The second kappa shape index (κ2) is 6.02. The zero-order valence-corrected chi connectivity index (χ0v) is 12.9. The van der Waals surface area contributed by atoms with Gasteiger partial charge in [-0.3, -0.25) is 0 Å². The monoisotopic (exact) mass is 294 g/mol. The van der Waals surface area contributed by atoms with Gasteiger partial charge in [0, 0.05) is 18.8 Å². The van der Waals surface area contributed by atoms with Gasteiger partial charge in [-0.1, -0.05) is 6.07 Å². The van der Waals surface area contributed by atoms with Gasteiger partial charge in [0.15, 0.2) is 0 Å². The Hall–Kier alpha value is -1.62. The van der Waals surface area contributed by atoms with Gasteiger partial charge in [-0.15, -0.1) is 5.06 Å². The first-order chi connectivity index (χ1) is 9.77. The molecule has 0 aliphatic carbocycles. The van der Waals surface area contributed by atoms with Gasteiger partial charge < -0.3 is 10.6 Å². The summed E-state index contributed by atoms with van der Waals surface area (Å²) < 4.78 is 13.9. The summed E-state index contributed by atoms with van der Waals surface area (Å²) in [6.45, 7) is 6.72. The standard InChI is InChI=1S/C16H23FN2O2/c1-16(2,3)15(20)21-19-8-6-11(7-9-19)13-5-4-12(18)10-14(13)17/h4-5,10-11H,6-9,18H2,1-3H3. The van der Waals surface area contributed by atoms with E-state index in [0.717, 1.165) is 12.8 Å². The summed E-state index contributed by atoms with van der Waals surface area (Å²) in [4.78, 5) is 17.2. The number of piperidine rings is 1. The number of anilines is 1. The summed E-state index contributed by atoms with van der Waals surface area (Å²) in [7, 11) is 0. The van der Waals surface area contributed by atoms with Crippen LogP contribution in [0.3, 0.4) is 0 Å². The van der Waals surface area contributed by atoms with E-state index in [1.165, 1.54) is 6.07 Å². The van der Waals surface area contributed by atoms with Crippen LogP contribution in [0.5, 0.6) is 0 Å². The first-order valence-corrected chi connectivity index (χ1v) is 7.29. The van der Waals surface area contributed by atoms with E-state index >= 15 is 0 Å². The summed E-state index contributed by atoms with van der Waals surface area (Å²) in [6.07, 6.45) is 1.52. The average Bonchev–Trinajstić information content (AvgIpc) is 2.39. The molecule has 0 bridgehead atoms. The molecule has 0 radical (unpaired) electrons. The molecule has 4 nitrogen and oxygen atoms in total. The number of hydrogen-bond acceptors (Lipinski definition) is 4. The van der Waals surface area contributed by atoms with Crippen molar-refractivity contribution >= 4 is 11.7 Å². The van der Waals surface area contributed by atoms with Crippen LogP contribution in [-0.4, -0.2) is 24.1 Å². The molecule has 0 saturated carbocycles. The quantitative estimate of drug-likeness (QED) is 0.852. The minimum atomic E-state index is -0.514. The van der Waals surface area contributed by atoms with Gasteiger partial charge in [0.25, 0.3) is 0 Å². The van der Waals surface area contributed by atoms with Crippen molar-refractivity contribution < 1.29 is 14.0 Å². The third-order valence-corrected chi connectivity index (χ3v) is 3.74. The number of carbonyl (C=O) groups excluding carboxylic acids is 1. The zero-order chi connectivity index (χ0) is 15.6. The van der Waals surface area contributed by atoms with Crippen molar-refractivity contribution in [3.8, 4) is 0 Å². The molecule has 1 aromatic rings. The maximum Gasteiger partial charge on any atom is 0.330 e. The molecule has 1 saturated heterocycles. The van der Waals surface area contributed by atoms with Crippen LogP contribution in [0.4, 0.5) is 10.1 Å². The maximum atomic E-state index is 13.9. The van der Waals surface area contributed by atoms with Crippen LogP contribution in [0.2, 0.25) is 0 Å². The number of nitrogens with two attached hydrogens (primary N) is 1. The Morgan fingerprint density at radius 3 is 2.48 bits per heavy atom. The normalized spacial score (nSPS) is 17.7. The lowest BCUT2D eigenvalue weighted by Gasteiger charge is -2.32. The van der Waals surface area contributed by atoms with Crippen LogP contribution in [-0.2, 0) is 9.63 Å². The van der Waals surface area contributed by atoms with E-state index < -0.39 is 5.41 Å². The van der Waals surface area contributed by atoms with Crippen LogP contribution in [0.15, 0.2) is 18.2 Å². The average molecular weight is 294 g/mol. The number of nitrogen functional groups attached to an aromatic ring is 1. The summed E-state index contributed by atoms with van der Waals surface area (Å²) in [5.74, 6) is -0.338. The highest BCUT2D eigenvalue weighted by Crippen LogP contribution is 2.31. The fourth-order valence-electron chi connectivity index (χ4n) is 2.39. The molecular weight excluding hydrogens is 271 g/mol. The van der Waals surface area contributed by atoms with Crippen LogP contribution in [0.25, 0.3) is 0 Å². The van der Waals surface area contributed by atoms with Crippen molar-refractivity contribution in [1.29, 1.82) is 0 Å². The van der Waals surface area contributed by atoms with Gasteiger partial charge in [0.05, 0.1) is 5.41 Å². The van der Waals surface area contributed by atoms with Gasteiger partial charge in [-0.05, 0) is 57.2 Å². The smallest absolute Gasteiger partial charge is 0.330 e. The van der Waals surface area contributed by atoms with Crippen LogP contribution in [0.1, 0.15) is 45.1 Å². The molecule has 2 N–H and O–H groups in total. The van der Waals surface area contributed by atoms with Crippen LogP contribution < -0.4 is 5.73 Å². The maximum absolute atomic E-state index is 13.9. The highest BCUT2D eigenvalue weighted by Gasteiger charge is 2.29. The Morgan fingerprint density at radius 2 is 1.95 bits per heavy atom. The van der Waals surface area contributed by atoms with Crippen molar-refractivity contribution in [2.45, 2.75) is 39.5 Å². The molecule has 0 unspecified atom stereocenters. The molecule has 5 heteroatoms. The van der Waals surface area contributed by atoms with E-state index in [1.807, 2.05) is 20.8 Å². The van der Waals surface area contributed by atoms with Crippen molar-refractivity contribution in [3.63, 3.8) is 0 Å². The summed E-state index contributed by atoms with van der Waals surface area (Å²) in [5, 5.41) is 1.68. The Balaban J connectivity index is 1.93. The molecule has 1 aliphatic heterocycles. The molecule has 0 amide bonds. The largest absolute Gasteiger partial charge is 0.399 e. The van der Waals surface area contributed by atoms with Gasteiger partial charge in [0.2, 0.25) is 0 Å². The molecule has 1 fully saturated rings. The third-order valence-electron chi connectivity index (χ3n) is 3.74. The van der Waals surface area contributed by atoms with Gasteiger partial charge in [0.1, 0.15) is 5.82 Å². The molecule has 0 aromatic heterocycles. The number of hydroxylamine groups is 2. The predicted molar refractivity (Wildman–Crippen MR) is 79.9 cm³/mol. The SMILES string of the molecule is CC(C)(C)C(=O)ON1CCC(c2ccc(N)cc2F)CC1. The molecule has 0 atom stereocenters. The number of benzene rings is 1. The summed E-state index contributed by atoms with van der Waals surface area (Å²) in [5.41, 5.74) is 6.19. The van der Waals surface area contributed by atoms with E-state index in [1.54, 1.807) is 17.2 Å². The summed E-state index contributed by atoms with van der Waals surface area (Å²) >= 11 is 0. The minimum Gasteiger partial charge on any atom is -0.399 e. The fraction of sp³-hybridized carbons (Fsp3) is 0.562. The van der Waals surface area contributed by atoms with E-state index in [0.29, 0.717) is 24.3 Å². The van der Waals surface area contributed by atoms with E-state index in [2.05, 4.69) is 0 Å². The highest BCUT2D eigenvalue weighted by atomic mass is 19.1. The molecule has 1 aromatic carbocycles. The van der Waals surface area contributed by atoms with Crippen LogP contribution >= 0.6 is 0 Å². The third kappa shape index (κ3) is 3.94. The van der Waals surface area contributed by atoms with E-state index in [-0.39, 0.29) is 17.7 Å². The second-order valence-electron chi connectivity index (χ2n) is 6.61. The lowest BCUT2D eigenvalue weighted by Crippen LogP contribution is -2.38. The van der Waals surface area contributed by atoms with Crippen molar-refractivity contribution in [2.75, 3.05) is 18.8 Å². The second-order valence-corrected chi connectivity index (χ2v) is 6.61. The topological polar surface area (TPSA) is 55.6 Å². The highest BCUT2D eigenvalue weighted by molar-refractivity contribution is 5.75. The van der Waals surface area contributed by atoms with Gasteiger partial charge in [-0.25, -0.2) is 9.18 Å². The molecular formula is C16H23FN2O2. The molecule has 2 rings (SSSR count). The zero-order valence-electron chi connectivity index (χ0n) is 12.9. The lowest BCUT2D eigenvalue weighted by molar-refractivity contribution is -0.204. The molecule has 0 spiro atoms. The van der Waals surface area contributed by atoms with Crippen molar-refractivity contribution in [1.82, 2.24) is 5.06 Å². The van der Waals surface area contributed by atoms with Gasteiger partial charge in [-0.2, -0.15) is 0 Å². The molecule has 116 valence electrons. The predicted octanol–water partition coefficient (Wildman–Crippen LogP) is 3.09. The molecule has 1 aliphatic rings. The fourth-order valence-corrected chi connectivity index (χ4v) is 2.39. The first kappa shape index (κ1) is 15.8. The Labute approximate surface area is 125 Å². The number of halogens is 1. The lowest BCUT2D eigenvalue weighted by atomic mass is 9.89. The Morgan fingerprint density at radius 1 is 1.33 bits per heavy atom. The first-order valence-electron chi connectivity index (χ1n) is 7.29. The number of carbonyl (C=O) groups is 1. The van der Waals surface area contributed by atoms with Gasteiger partial charge >= 0.3 is 5.97 Å². The number of rotatable bonds is 2. The molecule has 1 heterocycles.